The van der Waals surface area contributed by atoms with E-state index < -0.39 is 0 Å². The molecule has 132 valence electrons. The van der Waals surface area contributed by atoms with E-state index in [9.17, 15) is 0 Å². The Morgan fingerprint density at radius 3 is 1.41 bits per heavy atom. The maximum Gasteiger partial charge on any atom is 0.0412 e. The molecule has 2 bridgehead atoms. The maximum absolute atomic E-state index is 3.86. The van der Waals surface area contributed by atoms with Crippen molar-refractivity contribution >= 4 is 31.9 Å². The van der Waals surface area contributed by atoms with Crippen LogP contribution in [-0.2, 0) is 0 Å². The molecular formula is C25H18Br2. The molecule has 0 saturated heterocycles. The van der Waals surface area contributed by atoms with E-state index in [4.69, 9.17) is 0 Å². The molecule has 4 atom stereocenters. The van der Waals surface area contributed by atoms with Crippen molar-refractivity contribution in [3.05, 3.63) is 95.1 Å². The Morgan fingerprint density at radius 1 is 0.593 bits per heavy atom. The number of rotatable bonds is 0. The van der Waals surface area contributed by atoms with Crippen molar-refractivity contribution in [2.75, 3.05) is 0 Å². The van der Waals surface area contributed by atoms with Crippen molar-refractivity contribution in [2.45, 2.75) is 16.1 Å². The highest BCUT2D eigenvalue weighted by molar-refractivity contribution is 9.10. The molecule has 2 aliphatic carbocycles. The SMILES string of the molecule is Br[C@@H]1C=C(C#Cc2ccccc2)[C@@H]2C[C@H]1C(C#Cc1ccccc1)=C[C@H]2Br. The summed E-state index contributed by atoms with van der Waals surface area (Å²) in [7, 11) is 0. The average molecular weight is 478 g/mol. The monoisotopic (exact) mass is 476 g/mol. The van der Waals surface area contributed by atoms with Crippen molar-refractivity contribution < 1.29 is 0 Å². The number of alkyl halides is 2. The van der Waals surface area contributed by atoms with Gasteiger partial charge in [0.05, 0.1) is 0 Å². The van der Waals surface area contributed by atoms with Crippen molar-refractivity contribution in [3.63, 3.8) is 0 Å². The summed E-state index contributed by atoms with van der Waals surface area (Å²) < 4.78 is 0. The topological polar surface area (TPSA) is 0 Å². The minimum absolute atomic E-state index is 0.269. The highest BCUT2D eigenvalue weighted by Gasteiger charge is 2.38. The zero-order valence-electron chi connectivity index (χ0n) is 14.7. The number of hydrogen-bond acceptors (Lipinski definition) is 0. The predicted octanol–water partition coefficient (Wildman–Crippen LogP) is 6.12. The third kappa shape index (κ3) is 4.30. The van der Waals surface area contributed by atoms with Gasteiger partial charge >= 0.3 is 0 Å². The van der Waals surface area contributed by atoms with Crippen LogP contribution in [0.25, 0.3) is 0 Å². The van der Waals surface area contributed by atoms with Gasteiger partial charge in [-0.15, -0.1) is 0 Å². The molecule has 2 aromatic rings. The molecule has 27 heavy (non-hydrogen) atoms. The van der Waals surface area contributed by atoms with E-state index >= 15 is 0 Å². The van der Waals surface area contributed by atoms with Crippen molar-refractivity contribution in [3.8, 4) is 23.7 Å². The van der Waals surface area contributed by atoms with Crippen LogP contribution in [0.2, 0.25) is 0 Å². The summed E-state index contributed by atoms with van der Waals surface area (Å²) >= 11 is 7.72. The number of fused-ring (bicyclic) bond motifs is 2. The fourth-order valence-corrected chi connectivity index (χ4v) is 5.12. The summed E-state index contributed by atoms with van der Waals surface area (Å²) in [6.07, 6.45) is 5.62. The first-order valence-corrected chi connectivity index (χ1v) is 10.9. The van der Waals surface area contributed by atoms with Gasteiger partial charge in [-0.2, -0.15) is 0 Å². The predicted molar refractivity (Wildman–Crippen MR) is 120 cm³/mol. The van der Waals surface area contributed by atoms with Gasteiger partial charge in [0.25, 0.3) is 0 Å². The minimum atomic E-state index is 0.269. The number of benzene rings is 2. The van der Waals surface area contributed by atoms with Crippen molar-refractivity contribution in [1.82, 2.24) is 0 Å². The van der Waals surface area contributed by atoms with Gasteiger partial charge in [0.2, 0.25) is 0 Å². The molecule has 4 rings (SSSR count). The lowest BCUT2D eigenvalue weighted by atomic mass is 9.72. The zero-order chi connectivity index (χ0) is 18.6. The Morgan fingerprint density at radius 2 is 1.00 bits per heavy atom. The smallest absolute Gasteiger partial charge is 0.0412 e. The average Bonchev–Trinajstić information content (AvgIpc) is 2.71. The molecule has 0 saturated carbocycles. The van der Waals surface area contributed by atoms with Crippen LogP contribution in [0.5, 0.6) is 0 Å². The zero-order valence-corrected chi connectivity index (χ0v) is 17.9. The van der Waals surface area contributed by atoms with Gasteiger partial charge in [0, 0.05) is 43.8 Å². The molecule has 0 aromatic heterocycles. The third-order valence-electron chi connectivity index (χ3n) is 5.00. The normalized spacial score (nSPS) is 25.9. The second kappa shape index (κ2) is 8.35. The summed E-state index contributed by atoms with van der Waals surface area (Å²) in [5.41, 5.74) is 4.53. The summed E-state index contributed by atoms with van der Waals surface area (Å²) in [4.78, 5) is 0.537. The van der Waals surface area contributed by atoms with Crippen LogP contribution in [0.1, 0.15) is 17.5 Å². The summed E-state index contributed by atoms with van der Waals surface area (Å²) in [6, 6.07) is 20.3. The van der Waals surface area contributed by atoms with Gasteiger partial charge < -0.3 is 0 Å². The van der Waals surface area contributed by atoms with Gasteiger partial charge in [-0.3, -0.25) is 0 Å². The van der Waals surface area contributed by atoms with Crippen molar-refractivity contribution in [2.24, 2.45) is 11.8 Å². The Balaban J connectivity index is 1.59. The minimum Gasteiger partial charge on any atom is -0.0838 e. The van der Waals surface area contributed by atoms with E-state index in [-0.39, 0.29) is 9.65 Å². The lowest BCUT2D eigenvalue weighted by molar-refractivity contribution is 0.438. The molecule has 0 amide bonds. The first-order chi connectivity index (χ1) is 13.2. The molecule has 0 fully saturated rings. The molecule has 0 radical (unpaired) electrons. The van der Waals surface area contributed by atoms with Crippen LogP contribution in [-0.4, -0.2) is 9.65 Å². The highest BCUT2D eigenvalue weighted by Crippen LogP contribution is 2.44. The molecular weight excluding hydrogens is 460 g/mol. The third-order valence-corrected chi connectivity index (χ3v) is 6.81. The Bertz CT molecular complexity index is 911. The van der Waals surface area contributed by atoms with Gasteiger partial charge in [-0.1, -0.05) is 104 Å². The van der Waals surface area contributed by atoms with Gasteiger partial charge in [0.1, 0.15) is 0 Å². The summed E-state index contributed by atoms with van der Waals surface area (Å²) in [5.74, 6) is 14.3. The molecule has 0 nitrogen and oxygen atoms in total. The van der Waals surface area contributed by atoms with Gasteiger partial charge in [-0.05, 0) is 30.7 Å². The second-order valence-corrected chi connectivity index (χ2v) is 8.93. The number of allylic oxidation sites excluding steroid dienone is 4. The summed E-state index contributed by atoms with van der Waals surface area (Å²) in [5, 5.41) is 0. The van der Waals surface area contributed by atoms with Crippen LogP contribution in [0, 0.1) is 35.5 Å². The van der Waals surface area contributed by atoms with Crippen LogP contribution < -0.4 is 0 Å². The highest BCUT2D eigenvalue weighted by atomic mass is 79.9. The molecule has 0 N–H and O–H groups in total. The fourth-order valence-electron chi connectivity index (χ4n) is 3.55. The Hall–Kier alpha value is -2.00. The molecule has 2 aromatic carbocycles. The largest absolute Gasteiger partial charge is 0.0838 e. The number of hydrogen-bond donors (Lipinski definition) is 0. The van der Waals surface area contributed by atoms with Crippen LogP contribution in [0.15, 0.2) is 84.0 Å². The number of halogens is 2. The van der Waals surface area contributed by atoms with E-state index in [0.717, 1.165) is 17.5 Å². The van der Waals surface area contributed by atoms with E-state index in [1.54, 1.807) is 0 Å². The van der Waals surface area contributed by atoms with E-state index in [1.165, 1.54) is 11.1 Å². The van der Waals surface area contributed by atoms with E-state index in [0.29, 0.717) is 11.8 Å². The lowest BCUT2D eigenvalue weighted by Crippen LogP contribution is -2.33. The second-order valence-electron chi connectivity index (χ2n) is 6.81. The lowest BCUT2D eigenvalue weighted by Gasteiger charge is -2.37. The Kier molecular flexibility index (Phi) is 5.68. The van der Waals surface area contributed by atoms with E-state index in [1.807, 2.05) is 36.4 Å². The molecule has 2 heteroatoms. The fraction of sp³-hybridized carbons (Fsp3) is 0.200. The van der Waals surface area contributed by atoms with Gasteiger partial charge in [0.15, 0.2) is 0 Å². The first kappa shape index (κ1) is 18.4. The standard InChI is InChI=1S/C25H18Br2/c26-24-15-20(13-11-18-7-3-1-4-8-18)22-17-23(24)21(16-25(22)27)14-12-19-9-5-2-6-10-19/h1-10,15-16,22-25H,17H2/t22-,23-,24+,25+/m0/s1. The quantitative estimate of drug-likeness (QED) is 0.316. The molecule has 0 heterocycles. The maximum atomic E-state index is 3.86. The van der Waals surface area contributed by atoms with Crippen LogP contribution >= 0.6 is 31.9 Å². The van der Waals surface area contributed by atoms with Gasteiger partial charge in [-0.25, -0.2) is 0 Å². The van der Waals surface area contributed by atoms with E-state index in [2.05, 4.69) is 92.0 Å². The molecule has 2 aliphatic rings. The molecule has 0 unspecified atom stereocenters. The molecule has 0 spiro atoms. The first-order valence-electron chi connectivity index (χ1n) is 9.06. The summed E-state index contributed by atoms with van der Waals surface area (Å²) in [6.45, 7) is 0. The van der Waals surface area contributed by atoms with Crippen LogP contribution in [0.4, 0.5) is 0 Å². The Labute approximate surface area is 178 Å². The molecule has 0 aliphatic heterocycles. The van der Waals surface area contributed by atoms with Crippen molar-refractivity contribution in [1.29, 1.82) is 0 Å². The van der Waals surface area contributed by atoms with Crippen LogP contribution in [0.3, 0.4) is 0 Å².